The second-order valence-corrected chi connectivity index (χ2v) is 5.76. The summed E-state index contributed by atoms with van der Waals surface area (Å²) in [4.78, 5) is 0. The van der Waals surface area contributed by atoms with Crippen LogP contribution in [0.5, 0.6) is 0 Å². The molecule has 0 bridgehead atoms. The van der Waals surface area contributed by atoms with Gasteiger partial charge in [0.2, 0.25) is 0 Å². The van der Waals surface area contributed by atoms with Gasteiger partial charge in [-0.3, -0.25) is 4.68 Å². The summed E-state index contributed by atoms with van der Waals surface area (Å²) < 4.78 is 1.75. The Hall–Kier alpha value is -0.870. The molecule has 0 radical (unpaired) electrons. The molecule has 92 valence electrons. The van der Waals surface area contributed by atoms with E-state index < -0.39 is 5.60 Å². The van der Waals surface area contributed by atoms with E-state index in [1.54, 1.807) is 4.68 Å². The van der Waals surface area contributed by atoms with Crippen molar-refractivity contribution in [3.63, 3.8) is 0 Å². The molecule has 1 atom stereocenters. The van der Waals surface area contributed by atoms with E-state index in [0.717, 1.165) is 5.69 Å². The highest BCUT2D eigenvalue weighted by molar-refractivity contribution is 5.03. The van der Waals surface area contributed by atoms with Gasteiger partial charge in [0.15, 0.2) is 0 Å². The van der Waals surface area contributed by atoms with Crippen molar-refractivity contribution < 1.29 is 5.11 Å². The molecule has 0 aliphatic rings. The summed E-state index contributed by atoms with van der Waals surface area (Å²) in [5, 5.41) is 17.8. The highest BCUT2D eigenvalue weighted by Gasteiger charge is 2.24. The molecular formula is C12H23N3O. The first kappa shape index (κ1) is 13.2. The zero-order chi connectivity index (χ0) is 12.4. The summed E-state index contributed by atoms with van der Waals surface area (Å²) in [6.07, 6.45) is 2.46. The lowest BCUT2D eigenvalue weighted by molar-refractivity contribution is 0.0524. The Bertz CT molecular complexity index is 336. The number of nitrogens with one attached hydrogen (secondary N) is 1. The number of nitrogens with zero attached hydrogens (tertiary/aromatic N) is 2. The van der Waals surface area contributed by atoms with Crippen molar-refractivity contribution in [3.8, 4) is 0 Å². The summed E-state index contributed by atoms with van der Waals surface area (Å²) in [5.41, 5.74) is 0.179. The third kappa shape index (κ3) is 4.77. The molecule has 1 aromatic rings. The van der Waals surface area contributed by atoms with Gasteiger partial charge in [0.1, 0.15) is 0 Å². The summed E-state index contributed by atoms with van der Waals surface area (Å²) in [7, 11) is 1.88. The average Bonchev–Trinajstić information content (AvgIpc) is 2.46. The highest BCUT2D eigenvalue weighted by atomic mass is 16.3. The maximum Gasteiger partial charge on any atom is 0.0799 e. The van der Waals surface area contributed by atoms with Crippen LogP contribution in [0, 0.1) is 0 Å². The van der Waals surface area contributed by atoms with E-state index in [4.69, 9.17) is 0 Å². The standard InChI is InChI=1S/C12H23N3O/c1-11(2,3)13-9-12(4,16)8-10-6-7-15(5)14-10/h6-7,13,16H,8-9H2,1-5H3. The molecule has 2 N–H and O–H groups in total. The monoisotopic (exact) mass is 225 g/mol. The first-order valence-electron chi connectivity index (χ1n) is 5.64. The van der Waals surface area contributed by atoms with Crippen LogP contribution < -0.4 is 5.32 Å². The van der Waals surface area contributed by atoms with Crippen LogP contribution in [0.3, 0.4) is 0 Å². The maximum absolute atomic E-state index is 10.2. The quantitative estimate of drug-likeness (QED) is 0.807. The molecule has 0 saturated carbocycles. The first-order valence-corrected chi connectivity index (χ1v) is 5.64. The molecule has 0 spiro atoms. The van der Waals surface area contributed by atoms with E-state index in [1.807, 2.05) is 26.2 Å². The zero-order valence-electron chi connectivity index (χ0n) is 10.9. The fourth-order valence-electron chi connectivity index (χ4n) is 1.47. The number of β-amino-alcohol motifs (C(OH)–C–C–N with tert-alkyl or cyclic N) is 1. The van der Waals surface area contributed by atoms with Gasteiger partial charge >= 0.3 is 0 Å². The van der Waals surface area contributed by atoms with Crippen molar-refractivity contribution >= 4 is 0 Å². The molecule has 0 fully saturated rings. The molecule has 16 heavy (non-hydrogen) atoms. The SMILES string of the molecule is Cn1ccc(CC(C)(O)CNC(C)(C)C)n1. The van der Waals surface area contributed by atoms with Gasteiger partial charge in [-0.25, -0.2) is 0 Å². The van der Waals surface area contributed by atoms with Crippen LogP contribution in [0.1, 0.15) is 33.4 Å². The molecule has 1 unspecified atom stereocenters. The molecule has 0 aliphatic heterocycles. The summed E-state index contributed by atoms with van der Waals surface area (Å²) >= 11 is 0. The van der Waals surface area contributed by atoms with Crippen LogP contribution in [-0.2, 0) is 13.5 Å². The molecule has 0 aromatic carbocycles. The normalized spacial score (nSPS) is 16.1. The summed E-state index contributed by atoms with van der Waals surface area (Å²) in [5.74, 6) is 0. The van der Waals surface area contributed by atoms with E-state index in [-0.39, 0.29) is 5.54 Å². The van der Waals surface area contributed by atoms with Crippen LogP contribution in [0.2, 0.25) is 0 Å². The van der Waals surface area contributed by atoms with Gasteiger partial charge < -0.3 is 10.4 Å². The topological polar surface area (TPSA) is 50.1 Å². The van der Waals surface area contributed by atoms with Crippen molar-refractivity contribution in [1.82, 2.24) is 15.1 Å². The summed E-state index contributed by atoms with van der Waals surface area (Å²) in [6, 6.07) is 1.94. The predicted octanol–water partition coefficient (Wildman–Crippen LogP) is 1.10. The van der Waals surface area contributed by atoms with Crippen LogP contribution in [-0.4, -0.2) is 32.6 Å². The fourth-order valence-corrected chi connectivity index (χ4v) is 1.47. The summed E-state index contributed by atoms with van der Waals surface area (Å²) in [6.45, 7) is 8.66. The Morgan fingerprint density at radius 3 is 2.44 bits per heavy atom. The van der Waals surface area contributed by atoms with E-state index in [2.05, 4.69) is 31.2 Å². The average molecular weight is 225 g/mol. The molecule has 1 heterocycles. The number of aliphatic hydroxyl groups is 1. The lowest BCUT2D eigenvalue weighted by Crippen LogP contribution is -2.47. The van der Waals surface area contributed by atoms with E-state index in [0.29, 0.717) is 13.0 Å². The van der Waals surface area contributed by atoms with E-state index in [9.17, 15) is 5.11 Å². The van der Waals surface area contributed by atoms with Crippen molar-refractivity contribution in [2.75, 3.05) is 6.54 Å². The smallest absolute Gasteiger partial charge is 0.0799 e. The number of rotatable bonds is 4. The van der Waals surface area contributed by atoms with E-state index in [1.165, 1.54) is 0 Å². The molecule has 0 aliphatic carbocycles. The molecule has 4 nitrogen and oxygen atoms in total. The Morgan fingerprint density at radius 1 is 1.38 bits per heavy atom. The van der Waals surface area contributed by atoms with Gasteiger partial charge in [0, 0.05) is 31.7 Å². The minimum absolute atomic E-state index is 0.0219. The maximum atomic E-state index is 10.2. The van der Waals surface area contributed by atoms with Gasteiger partial charge in [-0.15, -0.1) is 0 Å². The molecule has 1 aromatic heterocycles. The molecular weight excluding hydrogens is 202 g/mol. The Morgan fingerprint density at radius 2 is 2.00 bits per heavy atom. The molecule has 0 amide bonds. The zero-order valence-corrected chi connectivity index (χ0v) is 10.9. The predicted molar refractivity (Wildman–Crippen MR) is 65.3 cm³/mol. The van der Waals surface area contributed by atoms with Crippen LogP contribution in [0.15, 0.2) is 12.3 Å². The van der Waals surface area contributed by atoms with Crippen molar-refractivity contribution in [3.05, 3.63) is 18.0 Å². The number of aromatic nitrogens is 2. The lowest BCUT2D eigenvalue weighted by Gasteiger charge is -2.29. The van der Waals surface area contributed by atoms with Gasteiger partial charge in [0.05, 0.1) is 11.3 Å². The minimum atomic E-state index is -0.762. The highest BCUT2D eigenvalue weighted by Crippen LogP contribution is 2.12. The van der Waals surface area contributed by atoms with Crippen LogP contribution in [0.4, 0.5) is 0 Å². The Balaban J connectivity index is 2.51. The van der Waals surface area contributed by atoms with Gasteiger partial charge in [-0.1, -0.05) is 0 Å². The van der Waals surface area contributed by atoms with Crippen molar-refractivity contribution in [1.29, 1.82) is 0 Å². The van der Waals surface area contributed by atoms with Crippen LogP contribution in [0.25, 0.3) is 0 Å². The largest absolute Gasteiger partial charge is 0.388 e. The van der Waals surface area contributed by atoms with Gasteiger partial charge in [-0.05, 0) is 33.8 Å². The third-order valence-electron chi connectivity index (χ3n) is 2.33. The van der Waals surface area contributed by atoms with Crippen molar-refractivity contribution in [2.45, 2.75) is 45.3 Å². The minimum Gasteiger partial charge on any atom is -0.388 e. The second kappa shape index (κ2) is 4.55. The number of aryl methyl sites for hydroxylation is 1. The Labute approximate surface area is 97.7 Å². The first-order chi connectivity index (χ1) is 7.18. The van der Waals surface area contributed by atoms with Crippen LogP contribution >= 0.6 is 0 Å². The number of hydrogen-bond acceptors (Lipinski definition) is 3. The molecule has 0 saturated heterocycles. The third-order valence-corrected chi connectivity index (χ3v) is 2.33. The van der Waals surface area contributed by atoms with E-state index >= 15 is 0 Å². The van der Waals surface area contributed by atoms with Gasteiger partial charge in [-0.2, -0.15) is 5.10 Å². The van der Waals surface area contributed by atoms with Crippen molar-refractivity contribution in [2.24, 2.45) is 7.05 Å². The van der Waals surface area contributed by atoms with Gasteiger partial charge in [0.25, 0.3) is 0 Å². The number of hydrogen-bond donors (Lipinski definition) is 2. The second-order valence-electron chi connectivity index (χ2n) is 5.76. The molecule has 1 rings (SSSR count). The lowest BCUT2D eigenvalue weighted by atomic mass is 9.98. The molecule has 4 heteroatoms. The Kier molecular flexibility index (Phi) is 3.76. The fraction of sp³-hybridized carbons (Fsp3) is 0.750.